The largest absolute Gasteiger partial charge is 0.441 e. The molecular formula is C10H10BrF3OS. The molecule has 0 spiro atoms. The van der Waals surface area contributed by atoms with Gasteiger partial charge in [-0.15, -0.1) is 0 Å². The lowest BCUT2D eigenvalue weighted by molar-refractivity contribution is -0.0345. The van der Waals surface area contributed by atoms with E-state index in [-0.39, 0.29) is 11.8 Å². The van der Waals surface area contributed by atoms with Crippen LogP contribution in [0.1, 0.15) is 12.5 Å². The summed E-state index contributed by atoms with van der Waals surface area (Å²) in [7, 11) is 0. The standard InChI is InChI=1S/C10H10BrF3OS/c1-9(15,6-16-10(12,13)14)7-2-4-8(11)5-3-7/h2-5,15H,6H2,1H3. The van der Waals surface area contributed by atoms with E-state index in [1.807, 2.05) is 0 Å². The van der Waals surface area contributed by atoms with Crippen LogP contribution in [0.25, 0.3) is 0 Å². The maximum absolute atomic E-state index is 12.0. The fraction of sp³-hybridized carbons (Fsp3) is 0.400. The smallest absolute Gasteiger partial charge is 0.385 e. The van der Waals surface area contributed by atoms with E-state index in [1.165, 1.54) is 6.92 Å². The fourth-order valence-electron chi connectivity index (χ4n) is 1.11. The molecule has 0 bridgehead atoms. The molecule has 0 amide bonds. The summed E-state index contributed by atoms with van der Waals surface area (Å²) in [6, 6.07) is 6.56. The quantitative estimate of drug-likeness (QED) is 0.912. The highest BCUT2D eigenvalue weighted by Crippen LogP contribution is 2.36. The highest BCUT2D eigenvalue weighted by atomic mass is 79.9. The normalized spacial score (nSPS) is 15.9. The Morgan fingerprint density at radius 2 is 1.75 bits per heavy atom. The lowest BCUT2D eigenvalue weighted by Gasteiger charge is -2.24. The number of benzene rings is 1. The predicted molar refractivity (Wildman–Crippen MR) is 62.2 cm³/mol. The summed E-state index contributed by atoms with van der Waals surface area (Å²) >= 11 is 2.99. The number of hydrogen-bond donors (Lipinski definition) is 1. The van der Waals surface area contributed by atoms with E-state index in [0.717, 1.165) is 4.47 Å². The molecule has 1 aromatic carbocycles. The summed E-state index contributed by atoms with van der Waals surface area (Å²) in [6.07, 6.45) is 0. The highest BCUT2D eigenvalue weighted by molar-refractivity contribution is 9.10. The molecule has 0 fully saturated rings. The Balaban J connectivity index is 2.73. The molecule has 0 heterocycles. The Kier molecular flexibility index (Phi) is 4.31. The summed E-state index contributed by atoms with van der Waals surface area (Å²) in [4.78, 5) is 0. The number of halogens is 4. The molecule has 1 unspecified atom stereocenters. The van der Waals surface area contributed by atoms with E-state index < -0.39 is 16.9 Å². The first-order valence-corrected chi connectivity index (χ1v) is 6.18. The second kappa shape index (κ2) is 4.98. The summed E-state index contributed by atoms with van der Waals surface area (Å²) in [5.41, 5.74) is -5.34. The minimum Gasteiger partial charge on any atom is -0.385 e. The molecule has 6 heteroatoms. The molecule has 0 aliphatic carbocycles. The van der Waals surface area contributed by atoms with E-state index in [2.05, 4.69) is 15.9 Å². The van der Waals surface area contributed by atoms with Crippen LogP contribution in [0.5, 0.6) is 0 Å². The van der Waals surface area contributed by atoms with Gasteiger partial charge in [0.1, 0.15) is 0 Å². The zero-order valence-electron chi connectivity index (χ0n) is 8.38. The van der Waals surface area contributed by atoms with Crippen LogP contribution >= 0.6 is 27.7 Å². The van der Waals surface area contributed by atoms with Crippen LogP contribution in [0, 0.1) is 0 Å². The van der Waals surface area contributed by atoms with Crippen molar-refractivity contribution in [2.75, 3.05) is 5.75 Å². The maximum Gasteiger partial charge on any atom is 0.441 e. The first kappa shape index (κ1) is 13.9. The third-order valence-corrected chi connectivity index (χ3v) is 3.55. The predicted octanol–water partition coefficient (Wildman–Crippen LogP) is 3.91. The molecule has 1 atom stereocenters. The zero-order valence-corrected chi connectivity index (χ0v) is 10.8. The van der Waals surface area contributed by atoms with E-state index in [1.54, 1.807) is 24.3 Å². The van der Waals surface area contributed by atoms with Crippen molar-refractivity contribution in [3.8, 4) is 0 Å². The summed E-state index contributed by atoms with van der Waals surface area (Å²) < 4.78 is 36.8. The molecular weight excluding hydrogens is 305 g/mol. The maximum atomic E-state index is 12.0. The van der Waals surface area contributed by atoms with Crippen molar-refractivity contribution in [2.24, 2.45) is 0 Å². The van der Waals surface area contributed by atoms with Crippen LogP contribution in [-0.4, -0.2) is 16.4 Å². The second-order valence-electron chi connectivity index (χ2n) is 3.52. The Bertz CT molecular complexity index is 348. The summed E-state index contributed by atoms with van der Waals surface area (Å²) in [5, 5.41) is 9.90. The van der Waals surface area contributed by atoms with Crippen LogP contribution in [0.15, 0.2) is 28.7 Å². The molecule has 0 saturated heterocycles. The topological polar surface area (TPSA) is 20.2 Å². The lowest BCUT2D eigenvalue weighted by atomic mass is 9.99. The van der Waals surface area contributed by atoms with Gasteiger partial charge in [-0.25, -0.2) is 0 Å². The molecule has 1 nitrogen and oxygen atoms in total. The van der Waals surface area contributed by atoms with Crippen molar-refractivity contribution in [2.45, 2.75) is 18.0 Å². The molecule has 0 saturated carbocycles. The Hall–Kier alpha value is -0.200. The van der Waals surface area contributed by atoms with Gasteiger partial charge in [0.2, 0.25) is 0 Å². The minimum atomic E-state index is -4.32. The van der Waals surface area contributed by atoms with Crippen molar-refractivity contribution in [1.82, 2.24) is 0 Å². The van der Waals surface area contributed by atoms with Crippen molar-refractivity contribution < 1.29 is 18.3 Å². The van der Waals surface area contributed by atoms with Crippen LogP contribution < -0.4 is 0 Å². The molecule has 0 aliphatic heterocycles. The number of rotatable bonds is 3. The number of thioether (sulfide) groups is 1. The van der Waals surface area contributed by atoms with Gasteiger partial charge in [0.15, 0.2) is 0 Å². The minimum absolute atomic E-state index is 0.222. The van der Waals surface area contributed by atoms with Crippen LogP contribution in [0.4, 0.5) is 13.2 Å². The van der Waals surface area contributed by atoms with Crippen molar-refractivity contribution in [1.29, 1.82) is 0 Å². The summed E-state index contributed by atoms with van der Waals surface area (Å²) in [5.74, 6) is -0.419. The monoisotopic (exact) mass is 314 g/mol. The first-order valence-electron chi connectivity index (χ1n) is 4.40. The van der Waals surface area contributed by atoms with Crippen molar-refractivity contribution in [3.05, 3.63) is 34.3 Å². The zero-order chi connectivity index (χ0) is 12.4. The van der Waals surface area contributed by atoms with Crippen LogP contribution in [-0.2, 0) is 5.60 Å². The van der Waals surface area contributed by atoms with Gasteiger partial charge in [-0.2, -0.15) is 13.2 Å². The Morgan fingerprint density at radius 1 is 1.25 bits per heavy atom. The average Bonchev–Trinajstić information content (AvgIpc) is 2.15. The van der Waals surface area contributed by atoms with Gasteiger partial charge < -0.3 is 5.11 Å². The van der Waals surface area contributed by atoms with Gasteiger partial charge >= 0.3 is 5.51 Å². The van der Waals surface area contributed by atoms with Gasteiger partial charge in [-0.1, -0.05) is 28.1 Å². The third-order valence-electron chi connectivity index (χ3n) is 1.98. The highest BCUT2D eigenvalue weighted by Gasteiger charge is 2.34. The van der Waals surface area contributed by atoms with E-state index in [9.17, 15) is 18.3 Å². The molecule has 0 radical (unpaired) electrons. The average molecular weight is 315 g/mol. The van der Waals surface area contributed by atoms with E-state index in [0.29, 0.717) is 5.56 Å². The van der Waals surface area contributed by atoms with E-state index in [4.69, 9.17) is 0 Å². The lowest BCUT2D eigenvalue weighted by Crippen LogP contribution is -2.26. The van der Waals surface area contributed by atoms with Crippen molar-refractivity contribution in [3.63, 3.8) is 0 Å². The Labute approximate surface area is 104 Å². The number of hydrogen-bond acceptors (Lipinski definition) is 2. The van der Waals surface area contributed by atoms with Gasteiger partial charge in [0.05, 0.1) is 5.60 Å². The Morgan fingerprint density at radius 3 is 2.19 bits per heavy atom. The number of alkyl halides is 3. The second-order valence-corrected chi connectivity index (χ2v) is 5.47. The molecule has 1 rings (SSSR count). The molecule has 16 heavy (non-hydrogen) atoms. The van der Waals surface area contributed by atoms with Crippen molar-refractivity contribution >= 4 is 27.7 Å². The number of aliphatic hydroxyl groups is 1. The first-order chi connectivity index (χ1) is 7.21. The molecule has 1 aromatic rings. The van der Waals surface area contributed by atoms with Gasteiger partial charge in [0.25, 0.3) is 0 Å². The molecule has 0 aromatic heterocycles. The SMILES string of the molecule is CC(O)(CSC(F)(F)F)c1ccc(Br)cc1. The molecule has 90 valence electrons. The van der Waals surface area contributed by atoms with Crippen LogP contribution in [0.2, 0.25) is 0 Å². The van der Waals surface area contributed by atoms with Gasteiger partial charge in [-0.05, 0) is 36.4 Å². The molecule has 0 aliphatic rings. The van der Waals surface area contributed by atoms with Gasteiger partial charge in [0, 0.05) is 10.2 Å². The third kappa shape index (κ3) is 4.35. The fourth-order valence-corrected chi connectivity index (χ4v) is 1.99. The van der Waals surface area contributed by atoms with Crippen LogP contribution in [0.3, 0.4) is 0 Å². The summed E-state index contributed by atoms with van der Waals surface area (Å²) in [6.45, 7) is 1.37. The van der Waals surface area contributed by atoms with E-state index >= 15 is 0 Å². The van der Waals surface area contributed by atoms with Gasteiger partial charge in [-0.3, -0.25) is 0 Å². The molecule has 1 N–H and O–H groups in total.